The molecule has 0 aliphatic heterocycles. The molecule has 0 saturated carbocycles. The van der Waals surface area contributed by atoms with Gasteiger partial charge in [-0.2, -0.15) is 15.0 Å². The fraction of sp³-hybridized carbons (Fsp3) is 0.333. The van der Waals surface area contributed by atoms with Crippen molar-refractivity contribution < 1.29 is 0 Å². The third-order valence-corrected chi connectivity index (χ3v) is 2.06. The molecule has 0 radical (unpaired) electrons. The first-order valence-corrected chi connectivity index (χ1v) is 5.00. The lowest BCUT2D eigenvalue weighted by Crippen LogP contribution is -2.10. The van der Waals surface area contributed by atoms with Crippen LogP contribution in [0.5, 0.6) is 0 Å². The molecule has 84 valence electrons. The minimum atomic E-state index is 0.110. The van der Waals surface area contributed by atoms with E-state index in [-0.39, 0.29) is 11.9 Å². The van der Waals surface area contributed by atoms with E-state index in [1.165, 1.54) is 0 Å². The van der Waals surface area contributed by atoms with Gasteiger partial charge >= 0.3 is 0 Å². The molecule has 0 fully saturated rings. The Balaban J connectivity index is 2.45. The molecule has 2 aromatic rings. The highest BCUT2D eigenvalue weighted by Crippen LogP contribution is 2.09. The molecule has 7 nitrogen and oxygen atoms in total. The summed E-state index contributed by atoms with van der Waals surface area (Å²) in [4.78, 5) is 16.0. The largest absolute Gasteiger partial charge is 0.368 e. The Morgan fingerprint density at radius 2 is 1.88 bits per heavy atom. The van der Waals surface area contributed by atoms with Crippen LogP contribution in [0.2, 0.25) is 0 Å². The van der Waals surface area contributed by atoms with Gasteiger partial charge in [0, 0.05) is 18.8 Å². The van der Waals surface area contributed by atoms with Gasteiger partial charge in [0.1, 0.15) is 5.82 Å². The summed E-state index contributed by atoms with van der Waals surface area (Å²) in [5.74, 6) is 1.51. The van der Waals surface area contributed by atoms with Crippen molar-refractivity contribution in [3.63, 3.8) is 0 Å². The van der Waals surface area contributed by atoms with Crippen LogP contribution in [0.4, 0.5) is 11.9 Å². The number of aryl methyl sites for hydroxylation is 1. The molecule has 4 N–H and O–H groups in total. The molecule has 0 bridgehead atoms. The van der Waals surface area contributed by atoms with E-state index < -0.39 is 0 Å². The second-order valence-corrected chi connectivity index (χ2v) is 3.32. The molecule has 0 saturated heterocycles. The zero-order valence-electron chi connectivity index (χ0n) is 8.96. The molecule has 0 aliphatic carbocycles. The van der Waals surface area contributed by atoms with Crippen LogP contribution < -0.4 is 11.5 Å². The molecule has 0 aliphatic rings. The summed E-state index contributed by atoms with van der Waals surface area (Å²) >= 11 is 0. The smallest absolute Gasteiger partial charge is 0.241 e. The number of hydrogen-bond acceptors (Lipinski definition) is 6. The van der Waals surface area contributed by atoms with Gasteiger partial charge < -0.3 is 11.5 Å². The monoisotopic (exact) mass is 219 g/mol. The lowest BCUT2D eigenvalue weighted by molar-refractivity contribution is 0.780. The molecule has 0 unspecified atom stereocenters. The number of anilines is 2. The Labute approximate surface area is 92.6 Å². The molecular weight excluding hydrogens is 206 g/mol. The molecule has 0 atom stereocenters. The Bertz CT molecular complexity index is 470. The number of rotatable bonds is 3. The van der Waals surface area contributed by atoms with Gasteiger partial charge in [-0.1, -0.05) is 6.92 Å². The van der Waals surface area contributed by atoms with Crippen LogP contribution in [0.25, 0.3) is 5.95 Å². The molecule has 16 heavy (non-hydrogen) atoms. The van der Waals surface area contributed by atoms with Crippen molar-refractivity contribution in [3.05, 3.63) is 18.2 Å². The topological polar surface area (TPSA) is 109 Å². The van der Waals surface area contributed by atoms with Gasteiger partial charge in [-0.05, 0) is 6.42 Å². The molecule has 0 aromatic carbocycles. The fourth-order valence-electron chi connectivity index (χ4n) is 1.43. The summed E-state index contributed by atoms with van der Waals surface area (Å²) in [5.41, 5.74) is 11.0. The highest BCUT2D eigenvalue weighted by Gasteiger charge is 2.08. The van der Waals surface area contributed by atoms with E-state index >= 15 is 0 Å². The fourth-order valence-corrected chi connectivity index (χ4v) is 1.43. The summed E-state index contributed by atoms with van der Waals surface area (Å²) in [6.45, 7) is 2.08. The van der Waals surface area contributed by atoms with Gasteiger partial charge in [0.25, 0.3) is 0 Å². The van der Waals surface area contributed by atoms with Crippen LogP contribution in [0.3, 0.4) is 0 Å². The maximum absolute atomic E-state index is 5.51. The maximum atomic E-state index is 5.51. The number of aromatic nitrogens is 5. The molecule has 2 rings (SSSR count). The first-order chi connectivity index (χ1) is 7.70. The normalized spacial score (nSPS) is 10.6. The minimum Gasteiger partial charge on any atom is -0.368 e. The Hall–Kier alpha value is -2.18. The van der Waals surface area contributed by atoms with Crippen molar-refractivity contribution in [2.24, 2.45) is 0 Å². The summed E-state index contributed by atoms with van der Waals surface area (Å²) in [7, 11) is 0. The van der Waals surface area contributed by atoms with E-state index in [1.54, 1.807) is 17.0 Å². The van der Waals surface area contributed by atoms with Crippen LogP contribution in [-0.2, 0) is 6.42 Å². The lowest BCUT2D eigenvalue weighted by Gasteiger charge is -2.05. The quantitative estimate of drug-likeness (QED) is 0.761. The van der Waals surface area contributed by atoms with Gasteiger partial charge in [0.05, 0.1) is 0 Å². The molecule has 0 amide bonds. The number of nitrogens with zero attached hydrogens (tertiary/aromatic N) is 5. The first kappa shape index (κ1) is 10.3. The number of nitrogen functional groups attached to an aromatic ring is 2. The first-order valence-electron chi connectivity index (χ1n) is 5.00. The minimum absolute atomic E-state index is 0.110. The molecular formula is C9H13N7. The van der Waals surface area contributed by atoms with Crippen LogP contribution in [0, 0.1) is 0 Å². The Morgan fingerprint density at radius 3 is 2.50 bits per heavy atom. The maximum Gasteiger partial charge on any atom is 0.241 e. The van der Waals surface area contributed by atoms with Crippen LogP contribution >= 0.6 is 0 Å². The van der Waals surface area contributed by atoms with Gasteiger partial charge in [-0.15, -0.1) is 0 Å². The average molecular weight is 219 g/mol. The number of nitrogens with two attached hydrogens (primary N) is 2. The summed E-state index contributed by atoms with van der Waals surface area (Å²) < 4.78 is 1.76. The van der Waals surface area contributed by atoms with Gasteiger partial charge in [0.15, 0.2) is 0 Å². The van der Waals surface area contributed by atoms with Crippen molar-refractivity contribution in [3.8, 4) is 5.95 Å². The predicted molar refractivity (Wildman–Crippen MR) is 59.8 cm³/mol. The van der Waals surface area contributed by atoms with Crippen molar-refractivity contribution in [1.29, 1.82) is 0 Å². The van der Waals surface area contributed by atoms with Crippen molar-refractivity contribution in [2.45, 2.75) is 19.8 Å². The van der Waals surface area contributed by atoms with Gasteiger partial charge in [-0.3, -0.25) is 4.57 Å². The molecule has 2 heterocycles. The standard InChI is InChI=1S/C9H13N7/c1-2-3-6-12-4-5-16(6)9-14-7(10)13-8(11)15-9/h4-5H,2-3H2,1H3,(H4,10,11,13,14,15). The second kappa shape index (κ2) is 4.13. The van der Waals surface area contributed by atoms with E-state index in [0.717, 1.165) is 18.7 Å². The molecule has 2 aromatic heterocycles. The Kier molecular flexibility index (Phi) is 2.67. The third-order valence-electron chi connectivity index (χ3n) is 2.06. The zero-order valence-corrected chi connectivity index (χ0v) is 8.96. The number of imidazole rings is 1. The average Bonchev–Trinajstić information content (AvgIpc) is 2.65. The van der Waals surface area contributed by atoms with E-state index in [2.05, 4.69) is 26.9 Å². The van der Waals surface area contributed by atoms with Crippen molar-refractivity contribution in [2.75, 3.05) is 11.5 Å². The van der Waals surface area contributed by atoms with E-state index in [1.807, 2.05) is 0 Å². The van der Waals surface area contributed by atoms with Crippen molar-refractivity contribution in [1.82, 2.24) is 24.5 Å². The van der Waals surface area contributed by atoms with Crippen LogP contribution in [-0.4, -0.2) is 24.5 Å². The summed E-state index contributed by atoms with van der Waals surface area (Å²) in [6.07, 6.45) is 5.31. The molecule has 0 spiro atoms. The van der Waals surface area contributed by atoms with E-state index in [4.69, 9.17) is 11.5 Å². The van der Waals surface area contributed by atoms with Crippen molar-refractivity contribution >= 4 is 11.9 Å². The van der Waals surface area contributed by atoms with Gasteiger partial charge in [0.2, 0.25) is 17.8 Å². The molecule has 7 heteroatoms. The summed E-state index contributed by atoms with van der Waals surface area (Å²) in [6, 6.07) is 0. The Morgan fingerprint density at radius 1 is 1.19 bits per heavy atom. The summed E-state index contributed by atoms with van der Waals surface area (Å²) in [5, 5.41) is 0. The van der Waals surface area contributed by atoms with E-state index in [9.17, 15) is 0 Å². The third kappa shape index (κ3) is 1.92. The lowest BCUT2D eigenvalue weighted by atomic mass is 10.3. The highest BCUT2D eigenvalue weighted by atomic mass is 15.3. The number of hydrogen-bond donors (Lipinski definition) is 2. The van der Waals surface area contributed by atoms with Gasteiger partial charge in [-0.25, -0.2) is 4.98 Å². The predicted octanol–water partition coefficient (Wildman–Crippen LogP) is 0.174. The highest BCUT2D eigenvalue weighted by molar-refractivity contribution is 5.31. The zero-order chi connectivity index (χ0) is 11.5. The van der Waals surface area contributed by atoms with Crippen LogP contribution in [0.15, 0.2) is 12.4 Å². The van der Waals surface area contributed by atoms with E-state index in [0.29, 0.717) is 5.95 Å². The second-order valence-electron chi connectivity index (χ2n) is 3.32. The SMILES string of the molecule is CCCc1nccn1-c1nc(N)nc(N)n1. The van der Waals surface area contributed by atoms with Crippen LogP contribution in [0.1, 0.15) is 19.2 Å².